The maximum Gasteiger partial charge on any atom is 0.344 e. The highest BCUT2D eigenvalue weighted by Crippen LogP contribution is 2.60. The van der Waals surface area contributed by atoms with Crippen LogP contribution in [0.2, 0.25) is 0 Å². The quantitative estimate of drug-likeness (QED) is 0.191. The number of halogens is 2. The molecule has 0 spiro atoms. The van der Waals surface area contributed by atoms with Crippen LogP contribution in [-0.4, -0.2) is 18.9 Å². The van der Waals surface area contributed by atoms with E-state index in [4.69, 9.17) is 4.74 Å². The molecule has 4 bridgehead atoms. The Labute approximate surface area is 209 Å². The zero-order valence-corrected chi connectivity index (χ0v) is 21.8. The number of hydrogen-bond acceptors (Lipinski definition) is 4. The Balaban J connectivity index is 1.51. The maximum absolute atomic E-state index is 12.8. The summed E-state index contributed by atoms with van der Waals surface area (Å²) >= 11 is 4.30. The normalized spacial score (nSPS) is 29.2. The van der Waals surface area contributed by atoms with Crippen LogP contribution in [0.4, 0.5) is 0 Å². The fourth-order valence-corrected chi connectivity index (χ4v) is 8.15. The van der Waals surface area contributed by atoms with Crippen LogP contribution in [0.1, 0.15) is 53.9 Å². The van der Waals surface area contributed by atoms with Gasteiger partial charge in [-0.1, -0.05) is 6.07 Å². The number of benzene rings is 2. The summed E-state index contributed by atoms with van der Waals surface area (Å²) in [6, 6.07) is 9.97. The van der Waals surface area contributed by atoms with E-state index < -0.39 is 16.1 Å². The average Bonchev–Trinajstić information content (AvgIpc) is 2.68. The molecule has 31 heavy (non-hydrogen) atoms. The smallest absolute Gasteiger partial charge is 0.344 e. The molecule has 0 saturated heterocycles. The summed E-state index contributed by atoms with van der Waals surface area (Å²) in [5.74, 6) is 2.28. The Kier molecular flexibility index (Phi) is 5.88. The standard InChI is InChI=1S/C23H22I2O5S/c24-19-3-1-2-17(22(19)25)23(26)30-16-4-5-20(31(27,28)29)18(11-16)21-14-7-12-6-13(9-14)10-15(21)8-12/h1-5,11-15,21H,6-10H2,(H,27,28,29). The van der Waals surface area contributed by atoms with Gasteiger partial charge < -0.3 is 4.74 Å². The lowest BCUT2D eigenvalue weighted by atomic mass is 9.51. The van der Waals surface area contributed by atoms with E-state index in [1.165, 1.54) is 18.6 Å². The number of ether oxygens (including phenoxy) is 1. The second-order valence-electron chi connectivity index (χ2n) is 9.12. The molecular formula is C23H22I2O5S. The molecule has 164 valence electrons. The predicted molar refractivity (Wildman–Crippen MR) is 133 cm³/mol. The van der Waals surface area contributed by atoms with E-state index in [2.05, 4.69) is 45.2 Å². The van der Waals surface area contributed by atoms with Gasteiger partial charge in [0, 0.05) is 7.14 Å². The third kappa shape index (κ3) is 4.17. The summed E-state index contributed by atoms with van der Waals surface area (Å²) in [5.41, 5.74) is 1.08. The summed E-state index contributed by atoms with van der Waals surface area (Å²) < 4.78 is 41.7. The van der Waals surface area contributed by atoms with Crippen molar-refractivity contribution in [3.8, 4) is 5.75 Å². The van der Waals surface area contributed by atoms with Crippen molar-refractivity contribution >= 4 is 61.3 Å². The molecule has 6 rings (SSSR count). The van der Waals surface area contributed by atoms with Crippen molar-refractivity contribution in [2.45, 2.75) is 42.9 Å². The number of hydrogen-bond donors (Lipinski definition) is 1. The van der Waals surface area contributed by atoms with Gasteiger partial charge in [-0.2, -0.15) is 8.42 Å². The highest BCUT2D eigenvalue weighted by Gasteiger charge is 2.49. The van der Waals surface area contributed by atoms with Crippen molar-refractivity contribution in [1.82, 2.24) is 0 Å². The first kappa shape index (κ1) is 22.1. The van der Waals surface area contributed by atoms with Gasteiger partial charge in [0.2, 0.25) is 0 Å². The lowest BCUT2D eigenvalue weighted by Crippen LogP contribution is -2.44. The van der Waals surface area contributed by atoms with Crippen LogP contribution in [-0.2, 0) is 10.1 Å². The number of carbonyl (C=O) groups is 1. The molecule has 4 aliphatic rings. The number of esters is 1. The lowest BCUT2D eigenvalue weighted by molar-refractivity contribution is -0.00373. The lowest BCUT2D eigenvalue weighted by Gasteiger charge is -2.54. The van der Waals surface area contributed by atoms with E-state index in [9.17, 15) is 17.8 Å². The van der Waals surface area contributed by atoms with Gasteiger partial charge in [0.25, 0.3) is 10.1 Å². The van der Waals surface area contributed by atoms with Crippen LogP contribution in [0, 0.1) is 30.8 Å². The average molecular weight is 664 g/mol. The molecule has 0 unspecified atom stereocenters. The molecule has 5 nitrogen and oxygen atoms in total. The van der Waals surface area contributed by atoms with Gasteiger partial charge in [0.15, 0.2) is 0 Å². The molecule has 0 heterocycles. The number of carbonyl (C=O) groups excluding carboxylic acids is 1. The zero-order valence-electron chi connectivity index (χ0n) is 16.6. The van der Waals surface area contributed by atoms with Crippen LogP contribution < -0.4 is 4.74 Å². The first-order valence-electron chi connectivity index (χ1n) is 10.5. The monoisotopic (exact) mass is 664 g/mol. The first-order valence-corrected chi connectivity index (χ1v) is 14.1. The fraction of sp³-hybridized carbons (Fsp3) is 0.435. The van der Waals surface area contributed by atoms with Gasteiger partial charge in [0.05, 0.1) is 10.5 Å². The van der Waals surface area contributed by atoms with Crippen molar-refractivity contribution in [2.24, 2.45) is 23.7 Å². The van der Waals surface area contributed by atoms with Crippen molar-refractivity contribution in [3.63, 3.8) is 0 Å². The van der Waals surface area contributed by atoms with E-state index in [0.29, 0.717) is 28.7 Å². The summed E-state index contributed by atoms with van der Waals surface area (Å²) in [6.45, 7) is 0. The van der Waals surface area contributed by atoms with E-state index in [1.807, 2.05) is 12.1 Å². The first-order chi connectivity index (χ1) is 14.7. The van der Waals surface area contributed by atoms with Gasteiger partial charge in [-0.25, -0.2) is 4.79 Å². The SMILES string of the molecule is O=C(Oc1ccc(S(=O)(=O)O)c(C2C3CC4CC(C3)CC2C4)c1)c1cccc(I)c1I. The summed E-state index contributed by atoms with van der Waals surface area (Å²) in [6.07, 6.45) is 5.78. The van der Waals surface area contributed by atoms with E-state index >= 15 is 0 Å². The molecule has 2 aromatic rings. The van der Waals surface area contributed by atoms with Gasteiger partial charge in [0.1, 0.15) is 5.75 Å². The van der Waals surface area contributed by atoms with E-state index in [0.717, 1.165) is 44.7 Å². The Morgan fingerprint density at radius 1 is 0.968 bits per heavy atom. The highest BCUT2D eigenvalue weighted by atomic mass is 127. The van der Waals surface area contributed by atoms with Crippen LogP contribution in [0.25, 0.3) is 0 Å². The van der Waals surface area contributed by atoms with Crippen molar-refractivity contribution < 1.29 is 22.5 Å². The molecule has 0 atom stereocenters. The van der Waals surface area contributed by atoms with Crippen LogP contribution in [0.5, 0.6) is 5.75 Å². The molecule has 8 heteroatoms. The molecular weight excluding hydrogens is 642 g/mol. The molecule has 1 N–H and O–H groups in total. The zero-order chi connectivity index (χ0) is 21.9. The summed E-state index contributed by atoms with van der Waals surface area (Å²) in [4.78, 5) is 12.8. The molecule has 0 aliphatic heterocycles. The largest absolute Gasteiger partial charge is 0.423 e. The molecule has 4 aliphatic carbocycles. The third-order valence-electron chi connectivity index (χ3n) is 7.23. The van der Waals surface area contributed by atoms with Crippen LogP contribution >= 0.6 is 45.2 Å². The second kappa shape index (κ2) is 8.25. The van der Waals surface area contributed by atoms with Crippen LogP contribution in [0.15, 0.2) is 41.3 Å². The molecule has 2 aromatic carbocycles. The van der Waals surface area contributed by atoms with Gasteiger partial charge in [-0.05, 0) is 143 Å². The topological polar surface area (TPSA) is 80.7 Å². The third-order valence-corrected chi connectivity index (χ3v) is 11.2. The molecule has 0 amide bonds. The van der Waals surface area contributed by atoms with E-state index in [-0.39, 0.29) is 10.8 Å². The minimum Gasteiger partial charge on any atom is -0.423 e. The van der Waals surface area contributed by atoms with E-state index in [1.54, 1.807) is 12.1 Å². The second-order valence-corrected chi connectivity index (χ2v) is 12.8. The highest BCUT2D eigenvalue weighted by molar-refractivity contribution is 14.1. The summed E-state index contributed by atoms with van der Waals surface area (Å²) in [7, 11) is -4.37. The Morgan fingerprint density at radius 2 is 1.61 bits per heavy atom. The summed E-state index contributed by atoms with van der Waals surface area (Å²) in [5, 5.41) is 0. The molecule has 4 fully saturated rings. The van der Waals surface area contributed by atoms with Crippen molar-refractivity contribution in [1.29, 1.82) is 0 Å². The van der Waals surface area contributed by atoms with Gasteiger partial charge in [-0.3, -0.25) is 4.55 Å². The Morgan fingerprint density at radius 3 is 2.23 bits per heavy atom. The Hall–Kier alpha value is -0.720. The molecule has 4 saturated carbocycles. The fourth-order valence-electron chi connectivity index (χ4n) is 6.34. The number of rotatable bonds is 4. The molecule has 0 radical (unpaired) electrons. The maximum atomic E-state index is 12.8. The molecule has 0 aromatic heterocycles. The van der Waals surface area contributed by atoms with Crippen molar-refractivity contribution in [2.75, 3.05) is 0 Å². The van der Waals surface area contributed by atoms with Crippen molar-refractivity contribution in [3.05, 3.63) is 54.7 Å². The van der Waals surface area contributed by atoms with Gasteiger partial charge in [-0.15, -0.1) is 0 Å². The predicted octanol–water partition coefficient (Wildman–Crippen LogP) is 5.90. The Bertz CT molecular complexity index is 1130. The van der Waals surface area contributed by atoms with Crippen LogP contribution in [0.3, 0.4) is 0 Å². The minimum atomic E-state index is -4.37. The van der Waals surface area contributed by atoms with Gasteiger partial charge >= 0.3 is 5.97 Å². The minimum absolute atomic E-state index is 0.0476.